The topological polar surface area (TPSA) is 80.1 Å². The molecule has 0 spiro atoms. The standard InChI is InChI=1S/C27H31N5O2S/c1-18(2)24-14-28-20(4)15-31(24)26-25-23(21-8-6-5-7-9-21)16-32(27(25)30-17-29-26)35(33,34)22-12-10-19(3)11-13-22/h5-13,16-18,20,24,28H,14-15H2,1-4H3/t20-,24-/m1/s1. The summed E-state index contributed by atoms with van der Waals surface area (Å²) in [5.74, 6) is 1.16. The molecule has 1 N–H and O–H groups in total. The molecule has 5 rings (SSSR count). The summed E-state index contributed by atoms with van der Waals surface area (Å²) < 4.78 is 28.9. The second kappa shape index (κ2) is 9.09. The van der Waals surface area contributed by atoms with Gasteiger partial charge in [0, 0.05) is 36.9 Å². The fourth-order valence-electron chi connectivity index (χ4n) is 4.85. The molecule has 0 unspecified atom stereocenters. The molecule has 35 heavy (non-hydrogen) atoms. The Balaban J connectivity index is 1.78. The Hall–Kier alpha value is -3.23. The summed E-state index contributed by atoms with van der Waals surface area (Å²) in [6, 6.07) is 17.3. The molecule has 4 aromatic rings. The fourth-order valence-corrected chi connectivity index (χ4v) is 6.16. The number of fused-ring (bicyclic) bond motifs is 1. The Kier molecular flexibility index (Phi) is 6.11. The lowest BCUT2D eigenvalue weighted by atomic mass is 9.97. The van der Waals surface area contributed by atoms with Crippen LogP contribution < -0.4 is 10.2 Å². The van der Waals surface area contributed by atoms with Crippen LogP contribution in [0, 0.1) is 12.8 Å². The van der Waals surface area contributed by atoms with Crippen LogP contribution in [0.4, 0.5) is 5.82 Å². The van der Waals surface area contributed by atoms with Crippen LogP contribution in [0.1, 0.15) is 26.3 Å². The summed E-state index contributed by atoms with van der Waals surface area (Å²) in [4.78, 5) is 11.8. The minimum absolute atomic E-state index is 0.227. The largest absolute Gasteiger partial charge is 0.350 e. The highest BCUT2D eigenvalue weighted by molar-refractivity contribution is 7.90. The molecule has 182 valence electrons. The number of anilines is 1. The summed E-state index contributed by atoms with van der Waals surface area (Å²) in [5, 5.41) is 4.34. The monoisotopic (exact) mass is 489 g/mol. The van der Waals surface area contributed by atoms with E-state index in [0.717, 1.165) is 41.0 Å². The maximum Gasteiger partial charge on any atom is 0.269 e. The van der Waals surface area contributed by atoms with Crippen LogP contribution in [-0.2, 0) is 10.0 Å². The average molecular weight is 490 g/mol. The highest BCUT2D eigenvalue weighted by Crippen LogP contribution is 2.38. The third-order valence-electron chi connectivity index (χ3n) is 6.78. The lowest BCUT2D eigenvalue weighted by molar-refractivity contribution is 0.348. The van der Waals surface area contributed by atoms with Gasteiger partial charge in [0.2, 0.25) is 0 Å². The van der Waals surface area contributed by atoms with Crippen molar-refractivity contribution in [3.63, 3.8) is 0 Å². The van der Waals surface area contributed by atoms with Crippen LogP contribution in [0.5, 0.6) is 0 Å². The van der Waals surface area contributed by atoms with Gasteiger partial charge in [0.05, 0.1) is 10.3 Å². The molecule has 1 aliphatic rings. The number of hydrogen-bond donors (Lipinski definition) is 1. The summed E-state index contributed by atoms with van der Waals surface area (Å²) in [5.41, 5.74) is 3.13. The summed E-state index contributed by atoms with van der Waals surface area (Å²) in [6.45, 7) is 10.1. The van der Waals surface area contributed by atoms with Crippen LogP contribution >= 0.6 is 0 Å². The van der Waals surface area contributed by atoms with Crippen molar-refractivity contribution in [1.82, 2.24) is 19.3 Å². The van der Waals surface area contributed by atoms with Gasteiger partial charge < -0.3 is 10.2 Å². The Morgan fingerprint density at radius 1 is 1.03 bits per heavy atom. The molecule has 0 saturated carbocycles. The van der Waals surface area contributed by atoms with Crippen LogP contribution in [0.3, 0.4) is 0 Å². The summed E-state index contributed by atoms with van der Waals surface area (Å²) in [6.07, 6.45) is 3.18. The molecule has 8 heteroatoms. The molecule has 7 nitrogen and oxygen atoms in total. The van der Waals surface area contributed by atoms with Gasteiger partial charge in [-0.05, 0) is 37.5 Å². The minimum Gasteiger partial charge on any atom is -0.350 e. The number of aryl methyl sites for hydroxylation is 1. The van der Waals surface area contributed by atoms with E-state index >= 15 is 0 Å². The number of nitrogens with one attached hydrogen (secondary N) is 1. The highest BCUT2D eigenvalue weighted by Gasteiger charge is 2.33. The maximum atomic E-state index is 13.8. The van der Waals surface area contributed by atoms with Crippen molar-refractivity contribution in [2.75, 3.05) is 18.0 Å². The van der Waals surface area contributed by atoms with Crippen molar-refractivity contribution in [1.29, 1.82) is 0 Å². The van der Waals surface area contributed by atoms with Crippen molar-refractivity contribution in [2.24, 2.45) is 5.92 Å². The third-order valence-corrected chi connectivity index (χ3v) is 8.45. The number of benzene rings is 2. The smallest absolute Gasteiger partial charge is 0.269 e. The van der Waals surface area contributed by atoms with E-state index in [0.29, 0.717) is 11.6 Å². The van der Waals surface area contributed by atoms with Gasteiger partial charge in [-0.15, -0.1) is 0 Å². The molecule has 2 aromatic carbocycles. The van der Waals surface area contributed by atoms with E-state index in [-0.39, 0.29) is 17.0 Å². The van der Waals surface area contributed by atoms with E-state index < -0.39 is 10.0 Å². The lowest BCUT2D eigenvalue weighted by Crippen LogP contribution is -2.57. The van der Waals surface area contributed by atoms with Gasteiger partial charge in [0.15, 0.2) is 5.65 Å². The number of hydrogen-bond acceptors (Lipinski definition) is 6. The molecule has 2 atom stereocenters. The van der Waals surface area contributed by atoms with Gasteiger partial charge in [-0.3, -0.25) is 0 Å². The molecule has 0 amide bonds. The van der Waals surface area contributed by atoms with Crippen molar-refractivity contribution in [3.8, 4) is 11.1 Å². The van der Waals surface area contributed by atoms with E-state index in [2.05, 4.69) is 36.0 Å². The molecular formula is C27H31N5O2S. The molecule has 1 aliphatic heterocycles. The predicted molar refractivity (Wildman–Crippen MR) is 140 cm³/mol. The number of piperazine rings is 1. The molecular weight excluding hydrogens is 458 g/mol. The summed E-state index contributed by atoms with van der Waals surface area (Å²) >= 11 is 0. The first-order valence-electron chi connectivity index (χ1n) is 12.0. The van der Waals surface area contributed by atoms with Crippen molar-refractivity contribution in [2.45, 2.75) is 44.7 Å². The first-order valence-corrected chi connectivity index (χ1v) is 13.4. The number of nitrogens with zero attached hydrogens (tertiary/aromatic N) is 4. The Labute approximate surface area is 206 Å². The van der Waals surface area contributed by atoms with Gasteiger partial charge in [-0.1, -0.05) is 61.9 Å². The second-order valence-corrected chi connectivity index (χ2v) is 11.5. The molecule has 3 heterocycles. The Bertz CT molecular complexity index is 1450. The third kappa shape index (κ3) is 4.21. The molecule has 2 aromatic heterocycles. The van der Waals surface area contributed by atoms with Crippen molar-refractivity contribution in [3.05, 3.63) is 72.7 Å². The normalized spacial score (nSPS) is 18.9. The first-order chi connectivity index (χ1) is 16.8. The van der Waals surface area contributed by atoms with Gasteiger partial charge in [-0.2, -0.15) is 0 Å². The zero-order chi connectivity index (χ0) is 24.7. The molecule has 0 aliphatic carbocycles. The lowest BCUT2D eigenvalue weighted by Gasteiger charge is -2.42. The van der Waals surface area contributed by atoms with Crippen LogP contribution in [0.2, 0.25) is 0 Å². The quantitative estimate of drug-likeness (QED) is 0.446. The number of aromatic nitrogens is 3. The fraction of sp³-hybridized carbons (Fsp3) is 0.333. The van der Waals surface area contributed by atoms with Gasteiger partial charge >= 0.3 is 0 Å². The predicted octanol–water partition coefficient (Wildman–Crippen LogP) is 4.47. The molecule has 0 radical (unpaired) electrons. The second-order valence-electron chi connectivity index (χ2n) is 9.69. The van der Waals surface area contributed by atoms with E-state index in [1.54, 1.807) is 18.3 Å². The van der Waals surface area contributed by atoms with E-state index in [9.17, 15) is 8.42 Å². The van der Waals surface area contributed by atoms with Crippen LogP contribution in [0.25, 0.3) is 22.2 Å². The Morgan fingerprint density at radius 3 is 2.43 bits per heavy atom. The average Bonchev–Trinajstić information content (AvgIpc) is 3.25. The zero-order valence-corrected chi connectivity index (χ0v) is 21.3. The Morgan fingerprint density at radius 2 is 1.74 bits per heavy atom. The van der Waals surface area contributed by atoms with Crippen molar-refractivity contribution < 1.29 is 8.42 Å². The number of rotatable bonds is 5. The maximum absolute atomic E-state index is 13.8. The SMILES string of the molecule is Cc1ccc(S(=O)(=O)n2cc(-c3ccccc3)c3c(N4C[C@@H](C)NC[C@@H]4C(C)C)ncnc32)cc1. The molecule has 1 fully saturated rings. The minimum atomic E-state index is -3.86. The van der Waals surface area contributed by atoms with Gasteiger partial charge in [0.25, 0.3) is 10.0 Å². The van der Waals surface area contributed by atoms with E-state index in [4.69, 9.17) is 4.98 Å². The van der Waals surface area contributed by atoms with E-state index in [1.165, 1.54) is 10.3 Å². The van der Waals surface area contributed by atoms with Gasteiger partial charge in [-0.25, -0.2) is 22.4 Å². The highest BCUT2D eigenvalue weighted by atomic mass is 32.2. The first kappa shape index (κ1) is 23.5. The zero-order valence-electron chi connectivity index (χ0n) is 20.5. The summed E-state index contributed by atoms with van der Waals surface area (Å²) in [7, 11) is -3.86. The molecule has 1 saturated heterocycles. The van der Waals surface area contributed by atoms with Gasteiger partial charge in [0.1, 0.15) is 12.1 Å². The molecule has 0 bridgehead atoms. The van der Waals surface area contributed by atoms with E-state index in [1.807, 2.05) is 49.4 Å². The van der Waals surface area contributed by atoms with Crippen molar-refractivity contribution >= 4 is 26.9 Å². The van der Waals surface area contributed by atoms with Crippen LogP contribution in [-0.4, -0.2) is 47.5 Å². The van der Waals surface area contributed by atoms with Crippen LogP contribution in [0.15, 0.2) is 72.0 Å².